The normalized spacial score (nSPS) is 10.4. The first-order valence-corrected chi connectivity index (χ1v) is 3.64. The molecule has 0 saturated carbocycles. The monoisotopic (exact) mass is 181 g/mol. The van der Waals surface area contributed by atoms with Gasteiger partial charge in [-0.05, 0) is 17.7 Å². The molecule has 0 fully saturated rings. The average Bonchev–Trinajstić information content (AvgIpc) is 2.01. The van der Waals surface area contributed by atoms with Crippen LogP contribution in [0.5, 0.6) is 0 Å². The van der Waals surface area contributed by atoms with Crippen molar-refractivity contribution in [1.29, 1.82) is 0 Å². The van der Waals surface area contributed by atoms with E-state index in [1.54, 1.807) is 18.2 Å². The summed E-state index contributed by atoms with van der Waals surface area (Å²) in [4.78, 5) is 10.1. The second-order valence-electron chi connectivity index (χ2n) is 2.14. The Bertz CT molecular complexity index is 318. The number of halogens is 1. The highest BCUT2D eigenvalue weighted by Crippen LogP contribution is 2.10. The van der Waals surface area contributed by atoms with Crippen LogP contribution in [-0.2, 0) is 4.79 Å². The van der Waals surface area contributed by atoms with Gasteiger partial charge in [0.1, 0.15) is 0 Å². The lowest BCUT2D eigenvalue weighted by atomic mass is 10.2. The van der Waals surface area contributed by atoms with Crippen molar-refractivity contribution in [3.8, 4) is 0 Å². The summed E-state index contributed by atoms with van der Waals surface area (Å²) in [6.07, 6.45) is 2.54. The molecular formula is C9H6ClO2. The third-order valence-corrected chi connectivity index (χ3v) is 1.43. The lowest BCUT2D eigenvalue weighted by molar-refractivity contribution is -0.131. The van der Waals surface area contributed by atoms with Crippen LogP contribution >= 0.6 is 11.6 Å². The van der Waals surface area contributed by atoms with E-state index in [-0.39, 0.29) is 0 Å². The largest absolute Gasteiger partial charge is 0.478 e. The van der Waals surface area contributed by atoms with E-state index in [9.17, 15) is 4.79 Å². The number of carboxylic acid groups (broad SMARTS) is 1. The molecule has 1 aromatic rings. The van der Waals surface area contributed by atoms with Gasteiger partial charge in [0.15, 0.2) is 0 Å². The number of hydrogen-bond acceptors (Lipinski definition) is 1. The van der Waals surface area contributed by atoms with Gasteiger partial charge in [0.05, 0.1) is 0 Å². The first-order chi connectivity index (χ1) is 5.68. The number of carboxylic acids is 1. The molecule has 1 rings (SSSR count). The lowest BCUT2D eigenvalue weighted by Crippen LogP contribution is -1.85. The van der Waals surface area contributed by atoms with Gasteiger partial charge in [-0.25, -0.2) is 4.79 Å². The maximum atomic E-state index is 10.1. The fraction of sp³-hybridized carbons (Fsp3) is 0. The molecule has 0 aliphatic heterocycles. The van der Waals surface area contributed by atoms with Crippen LogP contribution in [0, 0.1) is 6.07 Å². The Kier molecular flexibility index (Phi) is 2.88. The zero-order chi connectivity index (χ0) is 8.97. The van der Waals surface area contributed by atoms with E-state index in [0.717, 1.165) is 11.6 Å². The summed E-state index contributed by atoms with van der Waals surface area (Å²) in [5.41, 5.74) is 0.751. The standard InChI is InChI=1S/C9H6ClO2/c10-8-3-1-2-7(6-8)4-5-9(11)12/h1-2,4-6H,(H,11,12)/b5-4+. The molecule has 2 nitrogen and oxygen atoms in total. The number of benzene rings is 1. The van der Waals surface area contributed by atoms with Crippen LogP contribution < -0.4 is 0 Å². The molecule has 0 aromatic heterocycles. The first kappa shape index (κ1) is 8.81. The van der Waals surface area contributed by atoms with Crippen LogP contribution in [0.25, 0.3) is 6.08 Å². The van der Waals surface area contributed by atoms with Crippen molar-refractivity contribution in [3.05, 3.63) is 40.9 Å². The molecule has 12 heavy (non-hydrogen) atoms. The number of aliphatic carboxylic acids is 1. The van der Waals surface area contributed by atoms with E-state index in [4.69, 9.17) is 16.7 Å². The molecule has 0 heterocycles. The molecule has 1 radical (unpaired) electrons. The minimum Gasteiger partial charge on any atom is -0.478 e. The van der Waals surface area contributed by atoms with E-state index < -0.39 is 5.97 Å². The predicted octanol–water partition coefficient (Wildman–Crippen LogP) is 2.24. The molecule has 0 unspecified atom stereocenters. The second-order valence-corrected chi connectivity index (χ2v) is 2.55. The van der Waals surface area contributed by atoms with E-state index in [1.165, 1.54) is 6.08 Å². The molecule has 3 heteroatoms. The lowest BCUT2D eigenvalue weighted by Gasteiger charge is -1.91. The Labute approximate surface area is 75.1 Å². The first-order valence-electron chi connectivity index (χ1n) is 3.27. The van der Waals surface area contributed by atoms with E-state index in [2.05, 4.69) is 6.07 Å². The summed E-state index contributed by atoms with van der Waals surface area (Å²) < 4.78 is 0. The molecule has 0 spiro atoms. The van der Waals surface area contributed by atoms with Gasteiger partial charge in [-0.1, -0.05) is 23.7 Å². The van der Waals surface area contributed by atoms with Crippen LogP contribution in [-0.4, -0.2) is 11.1 Å². The van der Waals surface area contributed by atoms with Gasteiger partial charge >= 0.3 is 5.97 Å². The maximum Gasteiger partial charge on any atom is 0.328 e. The average molecular weight is 182 g/mol. The highest BCUT2D eigenvalue weighted by molar-refractivity contribution is 6.30. The maximum absolute atomic E-state index is 10.1. The highest BCUT2D eigenvalue weighted by atomic mass is 35.5. The Hall–Kier alpha value is -1.28. The summed E-state index contributed by atoms with van der Waals surface area (Å²) in [5, 5.41) is 8.79. The molecule has 0 saturated heterocycles. The van der Waals surface area contributed by atoms with Crippen LogP contribution in [0.2, 0.25) is 5.02 Å². The molecule has 0 aliphatic rings. The molecule has 0 aliphatic carbocycles. The van der Waals surface area contributed by atoms with Gasteiger partial charge in [0.2, 0.25) is 0 Å². The van der Waals surface area contributed by atoms with Crippen molar-refractivity contribution in [3.63, 3.8) is 0 Å². The smallest absolute Gasteiger partial charge is 0.328 e. The number of carbonyl (C=O) groups is 1. The van der Waals surface area contributed by atoms with Crippen LogP contribution in [0.4, 0.5) is 0 Å². The van der Waals surface area contributed by atoms with Crippen molar-refractivity contribution in [2.45, 2.75) is 0 Å². The minimum atomic E-state index is -0.973. The molecule has 0 bridgehead atoms. The highest BCUT2D eigenvalue weighted by Gasteiger charge is 1.90. The zero-order valence-electron chi connectivity index (χ0n) is 6.12. The molecule has 61 valence electrons. The van der Waals surface area contributed by atoms with Crippen molar-refractivity contribution in [2.24, 2.45) is 0 Å². The van der Waals surface area contributed by atoms with Crippen molar-refractivity contribution >= 4 is 23.6 Å². The van der Waals surface area contributed by atoms with Crippen molar-refractivity contribution < 1.29 is 9.90 Å². The summed E-state index contributed by atoms with van der Waals surface area (Å²) in [7, 11) is 0. The molecule has 0 atom stereocenters. The Balaban J connectivity index is 2.83. The fourth-order valence-electron chi connectivity index (χ4n) is 0.725. The fourth-order valence-corrected chi connectivity index (χ4v) is 0.914. The molecule has 1 N–H and O–H groups in total. The van der Waals surface area contributed by atoms with Gasteiger partial charge in [-0.15, -0.1) is 0 Å². The zero-order valence-corrected chi connectivity index (χ0v) is 6.88. The summed E-state index contributed by atoms with van der Waals surface area (Å²) in [6, 6.07) is 7.75. The third-order valence-electron chi connectivity index (χ3n) is 1.21. The summed E-state index contributed by atoms with van der Waals surface area (Å²) in [6.45, 7) is 0. The SMILES string of the molecule is O=C(O)/C=C/c1cc[c]c(Cl)c1. The number of rotatable bonds is 2. The summed E-state index contributed by atoms with van der Waals surface area (Å²) >= 11 is 5.62. The molecular weight excluding hydrogens is 176 g/mol. The van der Waals surface area contributed by atoms with E-state index in [0.29, 0.717) is 5.02 Å². The van der Waals surface area contributed by atoms with Gasteiger partial charge in [0, 0.05) is 17.2 Å². The van der Waals surface area contributed by atoms with Gasteiger partial charge in [-0.2, -0.15) is 0 Å². The predicted molar refractivity (Wildman–Crippen MR) is 47.0 cm³/mol. The van der Waals surface area contributed by atoms with Crippen molar-refractivity contribution in [1.82, 2.24) is 0 Å². The summed E-state index contributed by atoms with van der Waals surface area (Å²) in [5.74, 6) is -0.973. The van der Waals surface area contributed by atoms with E-state index in [1.807, 2.05) is 0 Å². The van der Waals surface area contributed by atoms with E-state index >= 15 is 0 Å². The van der Waals surface area contributed by atoms with Crippen LogP contribution in [0.15, 0.2) is 24.3 Å². The second kappa shape index (κ2) is 3.93. The number of hydrogen-bond donors (Lipinski definition) is 1. The van der Waals surface area contributed by atoms with Gasteiger partial charge in [-0.3, -0.25) is 0 Å². The van der Waals surface area contributed by atoms with Crippen LogP contribution in [0.3, 0.4) is 0 Å². The molecule has 0 amide bonds. The quantitative estimate of drug-likeness (QED) is 0.711. The minimum absolute atomic E-state index is 0.475. The van der Waals surface area contributed by atoms with Crippen LogP contribution in [0.1, 0.15) is 5.56 Å². The Morgan fingerprint density at radius 1 is 1.67 bits per heavy atom. The third kappa shape index (κ3) is 2.76. The Morgan fingerprint density at radius 2 is 2.42 bits per heavy atom. The topological polar surface area (TPSA) is 37.3 Å². The van der Waals surface area contributed by atoms with Crippen molar-refractivity contribution in [2.75, 3.05) is 0 Å². The van der Waals surface area contributed by atoms with Gasteiger partial charge in [0.25, 0.3) is 0 Å². The molecule has 1 aromatic carbocycles. The van der Waals surface area contributed by atoms with Gasteiger partial charge < -0.3 is 5.11 Å². The Morgan fingerprint density at radius 3 is 3.00 bits per heavy atom.